The van der Waals surface area contributed by atoms with E-state index in [1.54, 1.807) is 13.0 Å². The first-order chi connectivity index (χ1) is 5.07. The third kappa shape index (κ3) is 4.40. The first-order valence-electron chi connectivity index (χ1n) is 3.66. The van der Waals surface area contributed by atoms with Crippen LogP contribution in [0.4, 0.5) is 0 Å². The van der Waals surface area contributed by atoms with Gasteiger partial charge in [0.2, 0.25) is 0 Å². The SMILES string of the molecule is CC=C=C(C)C(=O)OC(C)C. The molecular weight excluding hydrogens is 140 g/mol. The van der Waals surface area contributed by atoms with Crippen LogP contribution >= 0.6 is 0 Å². The Morgan fingerprint density at radius 3 is 2.45 bits per heavy atom. The maximum absolute atomic E-state index is 11.0. The third-order valence-corrected chi connectivity index (χ3v) is 1.01. The normalized spacial score (nSPS) is 8.82. The molecule has 0 unspecified atom stereocenters. The number of ether oxygens (including phenoxy) is 1. The predicted octanol–water partition coefficient (Wildman–Crippen LogP) is 2.06. The summed E-state index contributed by atoms with van der Waals surface area (Å²) in [6.07, 6.45) is 1.63. The van der Waals surface area contributed by atoms with Crippen molar-refractivity contribution >= 4 is 5.97 Å². The summed E-state index contributed by atoms with van der Waals surface area (Å²) in [5, 5.41) is 0. The van der Waals surface area contributed by atoms with Crippen LogP contribution in [-0.2, 0) is 9.53 Å². The zero-order chi connectivity index (χ0) is 8.85. The summed E-state index contributed by atoms with van der Waals surface area (Å²) in [5.41, 5.74) is 3.28. The van der Waals surface area contributed by atoms with Gasteiger partial charge in [0.25, 0.3) is 0 Å². The number of carbonyl (C=O) groups is 1. The van der Waals surface area contributed by atoms with Gasteiger partial charge in [-0.3, -0.25) is 0 Å². The van der Waals surface area contributed by atoms with Crippen LogP contribution in [0.15, 0.2) is 17.4 Å². The van der Waals surface area contributed by atoms with Gasteiger partial charge >= 0.3 is 5.97 Å². The second-order valence-corrected chi connectivity index (χ2v) is 2.51. The minimum Gasteiger partial charge on any atom is -0.459 e. The van der Waals surface area contributed by atoms with E-state index < -0.39 is 0 Å². The lowest BCUT2D eigenvalue weighted by Gasteiger charge is -2.05. The number of carbonyl (C=O) groups excluding carboxylic acids is 1. The van der Waals surface area contributed by atoms with Gasteiger partial charge in [-0.05, 0) is 33.8 Å². The lowest BCUT2D eigenvalue weighted by Crippen LogP contribution is -2.11. The molecule has 0 heterocycles. The number of hydrogen-bond acceptors (Lipinski definition) is 2. The minimum atomic E-state index is -0.293. The van der Waals surface area contributed by atoms with Crippen molar-refractivity contribution in [2.45, 2.75) is 33.8 Å². The first-order valence-corrected chi connectivity index (χ1v) is 3.66. The molecule has 0 aromatic heterocycles. The molecule has 0 saturated carbocycles. The molecule has 2 heteroatoms. The highest BCUT2D eigenvalue weighted by atomic mass is 16.5. The molecule has 2 nitrogen and oxygen atoms in total. The molecule has 0 spiro atoms. The number of rotatable bonds is 2. The fourth-order valence-electron chi connectivity index (χ4n) is 0.578. The van der Waals surface area contributed by atoms with Crippen molar-refractivity contribution in [3.8, 4) is 0 Å². The molecule has 0 aliphatic heterocycles. The second-order valence-electron chi connectivity index (χ2n) is 2.51. The quantitative estimate of drug-likeness (QED) is 0.345. The molecule has 0 radical (unpaired) electrons. The van der Waals surface area contributed by atoms with Gasteiger partial charge in [-0.2, -0.15) is 0 Å². The molecule has 0 aliphatic carbocycles. The highest BCUT2D eigenvalue weighted by molar-refractivity contribution is 5.87. The Labute approximate surface area is 67.6 Å². The van der Waals surface area contributed by atoms with E-state index in [0.717, 1.165) is 0 Å². The molecule has 0 aliphatic rings. The maximum atomic E-state index is 11.0. The molecule has 0 atom stereocenters. The molecule has 0 N–H and O–H groups in total. The molecule has 11 heavy (non-hydrogen) atoms. The molecule has 0 aromatic carbocycles. The lowest BCUT2D eigenvalue weighted by atomic mass is 10.3. The van der Waals surface area contributed by atoms with Gasteiger partial charge in [-0.1, -0.05) is 0 Å². The molecule has 0 bridgehead atoms. The fourth-order valence-corrected chi connectivity index (χ4v) is 0.578. The van der Waals surface area contributed by atoms with E-state index in [0.29, 0.717) is 5.57 Å². The van der Waals surface area contributed by atoms with Crippen LogP contribution in [0.2, 0.25) is 0 Å². The van der Waals surface area contributed by atoms with Crippen molar-refractivity contribution in [2.24, 2.45) is 0 Å². The van der Waals surface area contributed by atoms with Gasteiger partial charge in [0.1, 0.15) is 0 Å². The van der Waals surface area contributed by atoms with Crippen LogP contribution in [-0.4, -0.2) is 12.1 Å². The summed E-state index contributed by atoms with van der Waals surface area (Å²) in [7, 11) is 0. The predicted molar refractivity (Wildman–Crippen MR) is 44.2 cm³/mol. The Hall–Kier alpha value is -1.01. The molecule has 0 amide bonds. The average molecular weight is 154 g/mol. The summed E-state index contributed by atoms with van der Waals surface area (Å²) >= 11 is 0. The van der Waals surface area contributed by atoms with Gasteiger partial charge in [0, 0.05) is 0 Å². The van der Waals surface area contributed by atoms with E-state index in [4.69, 9.17) is 4.74 Å². The first kappa shape index (κ1) is 9.99. The highest BCUT2D eigenvalue weighted by Gasteiger charge is 2.05. The Balaban J connectivity index is 4.16. The van der Waals surface area contributed by atoms with Crippen molar-refractivity contribution in [3.63, 3.8) is 0 Å². The Kier molecular flexibility index (Phi) is 4.32. The average Bonchev–Trinajstić information content (AvgIpc) is 1.86. The van der Waals surface area contributed by atoms with E-state index in [1.807, 2.05) is 20.8 Å². The Morgan fingerprint density at radius 2 is 2.09 bits per heavy atom. The van der Waals surface area contributed by atoms with Gasteiger partial charge in [-0.25, -0.2) is 4.79 Å². The zero-order valence-corrected chi connectivity index (χ0v) is 7.47. The van der Waals surface area contributed by atoms with Crippen molar-refractivity contribution < 1.29 is 9.53 Å². The third-order valence-electron chi connectivity index (χ3n) is 1.01. The standard InChI is InChI=1S/C9H14O2/c1-5-6-8(4)9(10)11-7(2)3/h5,7H,1-4H3. The van der Waals surface area contributed by atoms with Crippen molar-refractivity contribution in [1.82, 2.24) is 0 Å². The van der Waals surface area contributed by atoms with Crippen LogP contribution < -0.4 is 0 Å². The molecule has 0 aromatic rings. The van der Waals surface area contributed by atoms with E-state index in [-0.39, 0.29) is 12.1 Å². The summed E-state index contributed by atoms with van der Waals surface area (Å²) in [6, 6.07) is 0. The second kappa shape index (κ2) is 4.75. The Bertz CT molecular complexity index is 196. The van der Waals surface area contributed by atoms with Crippen LogP contribution in [0.3, 0.4) is 0 Å². The van der Waals surface area contributed by atoms with E-state index in [1.165, 1.54) is 0 Å². The van der Waals surface area contributed by atoms with Crippen LogP contribution in [0.1, 0.15) is 27.7 Å². The number of esters is 1. The summed E-state index contributed by atoms with van der Waals surface area (Å²) in [5.74, 6) is -0.293. The van der Waals surface area contributed by atoms with E-state index >= 15 is 0 Å². The van der Waals surface area contributed by atoms with Crippen LogP contribution in [0, 0.1) is 0 Å². The zero-order valence-electron chi connectivity index (χ0n) is 7.47. The van der Waals surface area contributed by atoms with Crippen molar-refractivity contribution in [3.05, 3.63) is 17.4 Å². The largest absolute Gasteiger partial charge is 0.459 e. The van der Waals surface area contributed by atoms with Gasteiger partial charge in [0.15, 0.2) is 0 Å². The van der Waals surface area contributed by atoms with E-state index in [2.05, 4.69) is 5.73 Å². The Morgan fingerprint density at radius 1 is 1.55 bits per heavy atom. The summed E-state index contributed by atoms with van der Waals surface area (Å²) in [4.78, 5) is 11.0. The lowest BCUT2D eigenvalue weighted by molar-refractivity contribution is -0.142. The summed E-state index contributed by atoms with van der Waals surface area (Å²) < 4.78 is 4.91. The number of hydrogen-bond donors (Lipinski definition) is 0. The van der Waals surface area contributed by atoms with Gasteiger partial charge < -0.3 is 4.74 Å². The van der Waals surface area contributed by atoms with Crippen molar-refractivity contribution in [2.75, 3.05) is 0 Å². The van der Waals surface area contributed by atoms with Crippen LogP contribution in [0.5, 0.6) is 0 Å². The van der Waals surface area contributed by atoms with Crippen LogP contribution in [0.25, 0.3) is 0 Å². The molecule has 0 fully saturated rings. The van der Waals surface area contributed by atoms with Crippen molar-refractivity contribution in [1.29, 1.82) is 0 Å². The maximum Gasteiger partial charge on any atom is 0.341 e. The smallest absolute Gasteiger partial charge is 0.341 e. The molecule has 62 valence electrons. The molecular formula is C9H14O2. The van der Waals surface area contributed by atoms with Gasteiger partial charge in [-0.15, -0.1) is 5.73 Å². The fraction of sp³-hybridized carbons (Fsp3) is 0.556. The monoisotopic (exact) mass is 154 g/mol. The van der Waals surface area contributed by atoms with Gasteiger partial charge in [0.05, 0.1) is 11.7 Å². The minimum absolute atomic E-state index is 0.0592. The highest BCUT2D eigenvalue weighted by Crippen LogP contribution is 1.97. The summed E-state index contributed by atoms with van der Waals surface area (Å²) in [6.45, 7) is 7.14. The topological polar surface area (TPSA) is 26.3 Å². The molecule has 0 rings (SSSR count). The van der Waals surface area contributed by atoms with E-state index in [9.17, 15) is 4.79 Å². The molecule has 0 saturated heterocycles.